The SMILES string of the molecule is CC[C@H](C(=O)NC(C)(C)C)N(Cc1ccc(F)cc1)C(=O)CN(c1cccc(Cl)c1C)S(C)(=O)=O. The molecule has 0 bridgehead atoms. The van der Waals surface area contributed by atoms with Gasteiger partial charge in [0, 0.05) is 17.1 Å². The Morgan fingerprint density at radius 3 is 2.23 bits per heavy atom. The highest BCUT2D eigenvalue weighted by Gasteiger charge is 2.33. The number of hydrogen-bond acceptors (Lipinski definition) is 4. The van der Waals surface area contributed by atoms with Crippen LogP contribution in [-0.2, 0) is 26.2 Å². The van der Waals surface area contributed by atoms with Gasteiger partial charge in [-0.15, -0.1) is 0 Å². The molecule has 192 valence electrons. The first kappa shape index (κ1) is 28.6. The predicted molar refractivity (Wildman–Crippen MR) is 137 cm³/mol. The van der Waals surface area contributed by atoms with Gasteiger partial charge < -0.3 is 10.2 Å². The van der Waals surface area contributed by atoms with E-state index in [0.717, 1.165) is 10.6 Å². The molecule has 10 heteroatoms. The number of rotatable bonds is 9. The van der Waals surface area contributed by atoms with E-state index in [1.54, 1.807) is 32.0 Å². The summed E-state index contributed by atoms with van der Waals surface area (Å²) in [6.45, 7) is 8.41. The zero-order chi connectivity index (χ0) is 26.6. The second-order valence-electron chi connectivity index (χ2n) is 9.46. The van der Waals surface area contributed by atoms with Gasteiger partial charge in [-0.2, -0.15) is 0 Å². The van der Waals surface area contributed by atoms with Crippen LogP contribution in [0.1, 0.15) is 45.2 Å². The third-order valence-electron chi connectivity index (χ3n) is 5.34. The molecular weight excluding hydrogens is 493 g/mol. The summed E-state index contributed by atoms with van der Waals surface area (Å²) in [5.74, 6) is -1.36. The summed E-state index contributed by atoms with van der Waals surface area (Å²) in [6.07, 6.45) is 1.30. The molecule has 0 unspecified atom stereocenters. The molecule has 0 aliphatic heterocycles. The number of amides is 2. The van der Waals surface area contributed by atoms with Crippen LogP contribution in [0.15, 0.2) is 42.5 Å². The lowest BCUT2D eigenvalue weighted by Gasteiger charge is -2.34. The zero-order valence-corrected chi connectivity index (χ0v) is 22.5. The number of nitrogens with one attached hydrogen (secondary N) is 1. The van der Waals surface area contributed by atoms with Crippen LogP contribution < -0.4 is 9.62 Å². The van der Waals surface area contributed by atoms with Crippen LogP contribution >= 0.6 is 11.6 Å². The van der Waals surface area contributed by atoms with Crippen molar-refractivity contribution in [3.63, 3.8) is 0 Å². The molecule has 2 aromatic carbocycles. The van der Waals surface area contributed by atoms with E-state index in [0.29, 0.717) is 22.6 Å². The van der Waals surface area contributed by atoms with Crippen molar-refractivity contribution in [2.24, 2.45) is 0 Å². The van der Waals surface area contributed by atoms with Crippen molar-refractivity contribution in [1.29, 1.82) is 0 Å². The maximum atomic E-state index is 13.6. The van der Waals surface area contributed by atoms with Crippen molar-refractivity contribution in [2.75, 3.05) is 17.1 Å². The summed E-state index contributed by atoms with van der Waals surface area (Å²) in [7, 11) is -3.87. The van der Waals surface area contributed by atoms with Crippen LogP contribution in [0, 0.1) is 12.7 Å². The van der Waals surface area contributed by atoms with Crippen LogP contribution in [0.4, 0.5) is 10.1 Å². The molecule has 2 aromatic rings. The van der Waals surface area contributed by atoms with Gasteiger partial charge in [0.2, 0.25) is 21.8 Å². The highest BCUT2D eigenvalue weighted by Crippen LogP contribution is 2.28. The van der Waals surface area contributed by atoms with Crippen molar-refractivity contribution < 1.29 is 22.4 Å². The Balaban J connectivity index is 2.49. The molecule has 1 atom stereocenters. The number of carbonyl (C=O) groups excluding carboxylic acids is 2. The Kier molecular flexibility index (Phi) is 9.30. The molecule has 0 aliphatic carbocycles. The summed E-state index contributed by atoms with van der Waals surface area (Å²) >= 11 is 6.20. The van der Waals surface area contributed by atoms with E-state index in [1.807, 2.05) is 20.8 Å². The van der Waals surface area contributed by atoms with Crippen LogP contribution in [0.5, 0.6) is 0 Å². The standard InChI is InChI=1S/C25H33ClFN3O4S/c1-7-21(24(32)28-25(3,4)5)29(15-18-11-13-19(27)14-12-18)23(31)16-30(35(6,33)34)22-10-8-9-20(26)17(22)2/h8-14,21H,7,15-16H2,1-6H3,(H,28,32)/t21-/m1/s1. The largest absolute Gasteiger partial charge is 0.350 e. The summed E-state index contributed by atoms with van der Waals surface area (Å²) < 4.78 is 39.8. The molecule has 0 radical (unpaired) electrons. The van der Waals surface area contributed by atoms with Crippen LogP contribution in [0.2, 0.25) is 5.02 Å². The molecule has 0 heterocycles. The number of anilines is 1. The molecule has 2 rings (SSSR count). The Hall–Kier alpha value is -2.65. The van der Waals surface area contributed by atoms with E-state index in [1.165, 1.54) is 29.2 Å². The highest BCUT2D eigenvalue weighted by molar-refractivity contribution is 7.92. The molecule has 0 saturated heterocycles. The lowest BCUT2D eigenvalue weighted by molar-refractivity contribution is -0.141. The van der Waals surface area contributed by atoms with Gasteiger partial charge in [-0.05, 0) is 69.5 Å². The zero-order valence-electron chi connectivity index (χ0n) is 20.9. The number of carbonyl (C=O) groups is 2. The average Bonchev–Trinajstić information content (AvgIpc) is 2.73. The van der Waals surface area contributed by atoms with E-state index in [4.69, 9.17) is 11.6 Å². The molecular formula is C25H33ClFN3O4S. The molecule has 35 heavy (non-hydrogen) atoms. The van der Waals surface area contributed by atoms with E-state index in [-0.39, 0.29) is 18.1 Å². The number of sulfonamides is 1. The number of nitrogens with zero attached hydrogens (tertiary/aromatic N) is 2. The van der Waals surface area contributed by atoms with Crippen molar-refractivity contribution >= 4 is 39.1 Å². The molecule has 2 amide bonds. The van der Waals surface area contributed by atoms with Crippen LogP contribution in [0.25, 0.3) is 0 Å². The molecule has 1 N–H and O–H groups in total. The lowest BCUT2D eigenvalue weighted by atomic mass is 10.1. The fraction of sp³-hybridized carbons (Fsp3) is 0.440. The molecule has 0 saturated carbocycles. The summed E-state index contributed by atoms with van der Waals surface area (Å²) in [5, 5.41) is 3.25. The van der Waals surface area contributed by atoms with Crippen molar-refractivity contribution in [1.82, 2.24) is 10.2 Å². The Morgan fingerprint density at radius 1 is 1.11 bits per heavy atom. The normalized spacial score (nSPS) is 12.7. The van der Waals surface area contributed by atoms with Gasteiger partial charge in [-0.1, -0.05) is 36.7 Å². The molecule has 0 aromatic heterocycles. The Bertz CT molecular complexity index is 1160. The van der Waals surface area contributed by atoms with Gasteiger partial charge in [0.25, 0.3) is 0 Å². The minimum atomic E-state index is -3.87. The van der Waals surface area contributed by atoms with Crippen molar-refractivity contribution in [2.45, 2.75) is 59.2 Å². The van der Waals surface area contributed by atoms with Gasteiger partial charge in [-0.25, -0.2) is 12.8 Å². The predicted octanol–water partition coefficient (Wildman–Crippen LogP) is 4.28. The van der Waals surface area contributed by atoms with E-state index in [9.17, 15) is 22.4 Å². The topological polar surface area (TPSA) is 86.8 Å². The first-order chi connectivity index (χ1) is 16.1. The second kappa shape index (κ2) is 11.4. The third kappa shape index (κ3) is 7.93. The molecule has 7 nitrogen and oxygen atoms in total. The van der Waals surface area contributed by atoms with E-state index < -0.39 is 39.9 Å². The minimum Gasteiger partial charge on any atom is -0.350 e. The fourth-order valence-corrected chi connectivity index (χ4v) is 4.69. The average molecular weight is 526 g/mol. The maximum Gasteiger partial charge on any atom is 0.244 e. The summed E-state index contributed by atoms with van der Waals surface area (Å²) in [5.41, 5.74) is 0.857. The van der Waals surface area contributed by atoms with Gasteiger partial charge in [0.15, 0.2) is 0 Å². The Labute approximate surface area is 212 Å². The van der Waals surface area contributed by atoms with Gasteiger partial charge >= 0.3 is 0 Å². The van der Waals surface area contributed by atoms with E-state index in [2.05, 4.69) is 5.32 Å². The number of hydrogen-bond donors (Lipinski definition) is 1. The fourth-order valence-electron chi connectivity index (χ4n) is 3.62. The van der Waals surface area contributed by atoms with Gasteiger partial charge in [0.1, 0.15) is 18.4 Å². The van der Waals surface area contributed by atoms with Crippen molar-refractivity contribution in [3.05, 3.63) is 64.4 Å². The van der Waals surface area contributed by atoms with E-state index >= 15 is 0 Å². The Morgan fingerprint density at radius 2 is 1.71 bits per heavy atom. The highest BCUT2D eigenvalue weighted by atomic mass is 35.5. The second-order valence-corrected chi connectivity index (χ2v) is 11.8. The minimum absolute atomic E-state index is 0.00130. The third-order valence-corrected chi connectivity index (χ3v) is 6.87. The molecule has 0 fully saturated rings. The van der Waals surface area contributed by atoms with Crippen molar-refractivity contribution in [3.8, 4) is 0 Å². The maximum absolute atomic E-state index is 13.6. The first-order valence-electron chi connectivity index (χ1n) is 11.2. The molecule has 0 spiro atoms. The number of halogens is 2. The smallest absolute Gasteiger partial charge is 0.244 e. The van der Waals surface area contributed by atoms with Crippen LogP contribution in [0.3, 0.4) is 0 Å². The quantitative estimate of drug-likeness (QED) is 0.529. The lowest BCUT2D eigenvalue weighted by Crippen LogP contribution is -2.55. The van der Waals surface area contributed by atoms with Gasteiger partial charge in [0.05, 0.1) is 11.9 Å². The van der Waals surface area contributed by atoms with Crippen LogP contribution in [-0.4, -0.2) is 49.5 Å². The summed E-state index contributed by atoms with van der Waals surface area (Å²) in [4.78, 5) is 28.1. The van der Waals surface area contributed by atoms with Gasteiger partial charge in [-0.3, -0.25) is 13.9 Å². The number of benzene rings is 2. The monoisotopic (exact) mass is 525 g/mol. The first-order valence-corrected chi connectivity index (χ1v) is 13.5. The molecule has 0 aliphatic rings. The summed E-state index contributed by atoms with van der Waals surface area (Å²) in [6, 6.07) is 9.54.